The van der Waals surface area contributed by atoms with E-state index in [1.54, 1.807) is 6.08 Å². The second-order valence-corrected chi connectivity index (χ2v) is 5.49. The fourth-order valence-corrected chi connectivity index (χ4v) is 2.66. The zero-order chi connectivity index (χ0) is 13.8. The number of carbonyl (C=O) groups excluding carboxylic acids is 1. The molecule has 106 valence electrons. The Balaban J connectivity index is 1.83. The van der Waals surface area contributed by atoms with E-state index in [2.05, 4.69) is 6.58 Å². The van der Waals surface area contributed by atoms with Crippen LogP contribution in [0.25, 0.3) is 0 Å². The molecular formula is C14H22N2O3. The number of nitrogens with zero attached hydrogens (tertiary/aromatic N) is 2. The minimum Gasteiger partial charge on any atom is -0.481 e. The van der Waals surface area contributed by atoms with Crippen LogP contribution in [0.2, 0.25) is 0 Å². The lowest BCUT2D eigenvalue weighted by Gasteiger charge is -2.27. The van der Waals surface area contributed by atoms with Gasteiger partial charge in [-0.2, -0.15) is 0 Å². The van der Waals surface area contributed by atoms with Gasteiger partial charge in [0.25, 0.3) is 0 Å². The molecule has 0 bridgehead atoms. The summed E-state index contributed by atoms with van der Waals surface area (Å²) < 4.78 is 0. The van der Waals surface area contributed by atoms with Gasteiger partial charge in [-0.3, -0.25) is 4.79 Å². The smallest absolute Gasteiger partial charge is 0.320 e. The third kappa shape index (κ3) is 3.72. The van der Waals surface area contributed by atoms with Crippen LogP contribution in [0, 0.1) is 5.92 Å². The summed E-state index contributed by atoms with van der Waals surface area (Å²) in [6.45, 7) is 5.77. The Labute approximate surface area is 113 Å². The molecule has 2 aliphatic rings. The molecule has 1 unspecified atom stereocenters. The van der Waals surface area contributed by atoms with E-state index >= 15 is 0 Å². The van der Waals surface area contributed by atoms with Gasteiger partial charge in [0.1, 0.15) is 0 Å². The average Bonchev–Trinajstić information content (AvgIpc) is 3.10. The number of amides is 2. The highest BCUT2D eigenvalue weighted by Gasteiger charge is 2.36. The maximum atomic E-state index is 12.4. The van der Waals surface area contributed by atoms with Crippen molar-refractivity contribution in [3.05, 3.63) is 12.7 Å². The van der Waals surface area contributed by atoms with E-state index in [0.717, 1.165) is 25.8 Å². The van der Waals surface area contributed by atoms with Crippen LogP contribution in [-0.2, 0) is 4.79 Å². The summed E-state index contributed by atoms with van der Waals surface area (Å²) in [6.07, 6.45) is 5.75. The van der Waals surface area contributed by atoms with E-state index in [4.69, 9.17) is 5.11 Å². The van der Waals surface area contributed by atoms with Gasteiger partial charge in [0.15, 0.2) is 0 Å². The van der Waals surface area contributed by atoms with Gasteiger partial charge in [-0.25, -0.2) is 4.79 Å². The van der Waals surface area contributed by atoms with Crippen LogP contribution < -0.4 is 0 Å². The normalized spacial score (nSPS) is 22.3. The molecule has 2 amide bonds. The minimum absolute atomic E-state index is 0.0974. The molecular weight excluding hydrogens is 244 g/mol. The first-order valence-corrected chi connectivity index (χ1v) is 7.00. The van der Waals surface area contributed by atoms with Gasteiger partial charge in [-0.05, 0) is 31.6 Å². The maximum Gasteiger partial charge on any atom is 0.320 e. The summed E-state index contributed by atoms with van der Waals surface area (Å²) in [7, 11) is 0. The summed E-state index contributed by atoms with van der Waals surface area (Å²) in [5, 5.41) is 8.69. The van der Waals surface area contributed by atoms with Crippen LogP contribution in [0.4, 0.5) is 4.79 Å². The Morgan fingerprint density at radius 2 is 2.11 bits per heavy atom. The highest BCUT2D eigenvalue weighted by molar-refractivity contribution is 5.75. The number of hydrogen-bond donors (Lipinski definition) is 1. The fraction of sp³-hybridized carbons (Fsp3) is 0.714. The van der Waals surface area contributed by atoms with Crippen molar-refractivity contribution >= 4 is 12.0 Å². The van der Waals surface area contributed by atoms with Crippen molar-refractivity contribution in [1.82, 2.24) is 9.80 Å². The summed E-state index contributed by atoms with van der Waals surface area (Å²) in [4.78, 5) is 26.7. The van der Waals surface area contributed by atoms with Gasteiger partial charge in [0, 0.05) is 32.1 Å². The average molecular weight is 266 g/mol. The lowest BCUT2D eigenvalue weighted by molar-refractivity contribution is -0.137. The molecule has 0 aromatic carbocycles. The minimum atomic E-state index is -0.754. The van der Waals surface area contributed by atoms with Gasteiger partial charge in [-0.1, -0.05) is 6.08 Å². The molecule has 1 atom stereocenters. The molecule has 0 aromatic heterocycles. The molecule has 0 spiro atoms. The lowest BCUT2D eigenvalue weighted by atomic mass is 10.0. The summed E-state index contributed by atoms with van der Waals surface area (Å²) >= 11 is 0. The van der Waals surface area contributed by atoms with Gasteiger partial charge < -0.3 is 14.9 Å². The van der Waals surface area contributed by atoms with Crippen LogP contribution in [0.15, 0.2) is 12.7 Å². The van der Waals surface area contributed by atoms with Crippen molar-refractivity contribution in [3.63, 3.8) is 0 Å². The molecule has 1 saturated heterocycles. The number of rotatable bonds is 6. The van der Waals surface area contributed by atoms with E-state index in [1.807, 2.05) is 9.80 Å². The van der Waals surface area contributed by atoms with Crippen LogP contribution in [0.3, 0.4) is 0 Å². The van der Waals surface area contributed by atoms with E-state index in [9.17, 15) is 9.59 Å². The first-order chi connectivity index (χ1) is 9.11. The van der Waals surface area contributed by atoms with E-state index in [1.165, 1.54) is 0 Å². The van der Waals surface area contributed by atoms with Gasteiger partial charge in [0.05, 0.1) is 0 Å². The first-order valence-electron chi connectivity index (χ1n) is 7.00. The zero-order valence-electron chi connectivity index (χ0n) is 11.3. The Morgan fingerprint density at radius 3 is 2.68 bits per heavy atom. The molecule has 1 aliphatic heterocycles. The number of urea groups is 1. The van der Waals surface area contributed by atoms with Crippen molar-refractivity contribution in [2.24, 2.45) is 5.92 Å². The number of carboxylic acid groups (broad SMARTS) is 1. The van der Waals surface area contributed by atoms with Crippen LogP contribution in [0.5, 0.6) is 0 Å². The highest BCUT2D eigenvalue weighted by atomic mass is 16.4. The molecule has 0 aromatic rings. The van der Waals surface area contributed by atoms with Gasteiger partial charge >= 0.3 is 12.0 Å². The fourth-order valence-electron chi connectivity index (χ4n) is 2.66. The van der Waals surface area contributed by atoms with Crippen molar-refractivity contribution < 1.29 is 14.7 Å². The lowest BCUT2D eigenvalue weighted by Crippen LogP contribution is -2.43. The molecule has 1 N–H and O–H groups in total. The maximum absolute atomic E-state index is 12.4. The molecule has 19 heavy (non-hydrogen) atoms. The Hall–Kier alpha value is -1.52. The molecule has 2 rings (SSSR count). The van der Waals surface area contributed by atoms with Crippen molar-refractivity contribution in [3.8, 4) is 0 Å². The second kappa shape index (κ2) is 6.08. The highest BCUT2D eigenvalue weighted by Crippen LogP contribution is 2.29. The number of hydrogen-bond acceptors (Lipinski definition) is 2. The van der Waals surface area contributed by atoms with Crippen molar-refractivity contribution in [2.75, 3.05) is 19.6 Å². The largest absolute Gasteiger partial charge is 0.481 e. The SMILES string of the molecule is C=CCN(C(=O)N1CCC(CCC(=O)O)C1)C1CC1. The third-order valence-electron chi connectivity index (χ3n) is 3.88. The topological polar surface area (TPSA) is 60.9 Å². The summed E-state index contributed by atoms with van der Waals surface area (Å²) in [5.74, 6) is -0.416. The van der Waals surface area contributed by atoms with E-state index in [0.29, 0.717) is 31.5 Å². The second-order valence-electron chi connectivity index (χ2n) is 5.49. The van der Waals surface area contributed by atoms with E-state index in [-0.39, 0.29) is 12.5 Å². The predicted octanol–water partition coefficient (Wildman–Crippen LogP) is 1.94. The monoisotopic (exact) mass is 266 g/mol. The predicted molar refractivity (Wildman–Crippen MR) is 71.9 cm³/mol. The molecule has 1 saturated carbocycles. The Morgan fingerprint density at radius 1 is 1.37 bits per heavy atom. The molecule has 5 nitrogen and oxygen atoms in total. The van der Waals surface area contributed by atoms with Crippen LogP contribution >= 0.6 is 0 Å². The standard InChI is InChI=1S/C14H22N2O3/c1-2-8-16(12-4-5-12)14(19)15-9-7-11(10-15)3-6-13(17)18/h2,11-12H,1,3-10H2,(H,17,18). The summed E-state index contributed by atoms with van der Waals surface area (Å²) in [6, 6.07) is 0.490. The summed E-state index contributed by atoms with van der Waals surface area (Å²) in [5.41, 5.74) is 0. The van der Waals surface area contributed by atoms with E-state index < -0.39 is 5.97 Å². The molecule has 2 fully saturated rings. The van der Waals surface area contributed by atoms with Crippen LogP contribution in [0.1, 0.15) is 32.1 Å². The number of carboxylic acids is 1. The van der Waals surface area contributed by atoms with Crippen LogP contribution in [-0.4, -0.2) is 52.6 Å². The van der Waals surface area contributed by atoms with Gasteiger partial charge in [-0.15, -0.1) is 6.58 Å². The first kappa shape index (κ1) is 13.9. The molecule has 1 aliphatic carbocycles. The van der Waals surface area contributed by atoms with Gasteiger partial charge in [0.2, 0.25) is 0 Å². The Kier molecular flexibility index (Phi) is 4.45. The number of aliphatic carboxylic acids is 1. The quantitative estimate of drug-likeness (QED) is 0.747. The third-order valence-corrected chi connectivity index (χ3v) is 3.88. The Bertz CT molecular complexity index is 366. The van der Waals surface area contributed by atoms with Crippen molar-refractivity contribution in [2.45, 2.75) is 38.1 Å². The number of likely N-dealkylation sites (tertiary alicyclic amines) is 1. The zero-order valence-corrected chi connectivity index (χ0v) is 11.3. The molecule has 0 radical (unpaired) electrons. The molecule has 5 heteroatoms. The number of carbonyl (C=O) groups is 2. The van der Waals surface area contributed by atoms with Crippen molar-refractivity contribution in [1.29, 1.82) is 0 Å². The molecule has 1 heterocycles.